The van der Waals surface area contributed by atoms with Crippen LogP contribution in [0.1, 0.15) is 122 Å². The molecule has 0 spiro atoms. The smallest absolute Gasteiger partial charge is 0.136 e. The minimum absolute atomic E-state index is 0.100. The average Bonchev–Trinajstić information content (AvgIpc) is 2.85. The summed E-state index contributed by atoms with van der Waals surface area (Å²) in [6.45, 7) is 6.49. The normalized spacial score (nSPS) is 19.2. The molecular formula is C31H46FNO. The molecule has 1 heterocycles. The van der Waals surface area contributed by atoms with Crippen molar-refractivity contribution in [1.29, 1.82) is 0 Å². The first-order valence-corrected chi connectivity index (χ1v) is 14.0. The van der Waals surface area contributed by atoms with Gasteiger partial charge < -0.3 is 4.74 Å². The number of nitrogens with zero attached hydrogens (tertiary/aromatic N) is 1. The third kappa shape index (κ3) is 8.40. The van der Waals surface area contributed by atoms with E-state index in [1.165, 1.54) is 82.3 Å². The Morgan fingerprint density at radius 3 is 2.32 bits per heavy atom. The maximum absolute atomic E-state index is 14.8. The molecule has 2 aromatic rings. The molecule has 0 aliphatic heterocycles. The maximum atomic E-state index is 14.8. The van der Waals surface area contributed by atoms with Crippen LogP contribution in [0.15, 0.2) is 36.5 Å². The van der Waals surface area contributed by atoms with Crippen LogP contribution < -0.4 is 4.74 Å². The van der Waals surface area contributed by atoms with Gasteiger partial charge in [0.05, 0.1) is 11.8 Å². The highest BCUT2D eigenvalue weighted by molar-refractivity contribution is 5.61. The molecule has 0 amide bonds. The minimum atomic E-state index is -0.268. The molecule has 3 heteroatoms. The summed E-state index contributed by atoms with van der Waals surface area (Å²) < 4.78 is 20.7. The first-order chi connectivity index (χ1) is 16.6. The summed E-state index contributed by atoms with van der Waals surface area (Å²) in [7, 11) is 0. The van der Waals surface area contributed by atoms with Gasteiger partial charge in [0.1, 0.15) is 11.6 Å². The molecule has 34 heavy (non-hydrogen) atoms. The van der Waals surface area contributed by atoms with Gasteiger partial charge >= 0.3 is 0 Å². The number of aromatic nitrogens is 1. The first-order valence-electron chi connectivity index (χ1n) is 14.0. The lowest BCUT2D eigenvalue weighted by Gasteiger charge is -2.28. The van der Waals surface area contributed by atoms with Gasteiger partial charge in [0, 0.05) is 17.8 Å². The Kier molecular flexibility index (Phi) is 11.4. The van der Waals surface area contributed by atoms with Gasteiger partial charge in [0.25, 0.3) is 0 Å². The Hall–Kier alpha value is -1.90. The Balaban J connectivity index is 1.47. The van der Waals surface area contributed by atoms with Crippen molar-refractivity contribution in [2.24, 2.45) is 5.92 Å². The second kappa shape index (κ2) is 14.5. The lowest BCUT2D eigenvalue weighted by Crippen LogP contribution is -2.13. The summed E-state index contributed by atoms with van der Waals surface area (Å²) in [6.07, 6.45) is 20.3. The Bertz CT molecular complexity index is 826. The van der Waals surface area contributed by atoms with E-state index in [0.717, 1.165) is 25.2 Å². The molecule has 0 saturated heterocycles. The van der Waals surface area contributed by atoms with Crippen LogP contribution in [-0.4, -0.2) is 11.1 Å². The van der Waals surface area contributed by atoms with Gasteiger partial charge in [-0.15, -0.1) is 0 Å². The number of benzene rings is 1. The summed E-state index contributed by atoms with van der Waals surface area (Å²) in [5.74, 6) is 1.84. The molecule has 1 aromatic carbocycles. The molecular weight excluding hydrogens is 421 g/mol. The number of unbranched alkanes of at least 4 members (excludes halogenated alkanes) is 6. The third-order valence-electron chi connectivity index (χ3n) is 7.59. The Morgan fingerprint density at radius 2 is 1.65 bits per heavy atom. The van der Waals surface area contributed by atoms with Crippen molar-refractivity contribution >= 4 is 0 Å². The molecule has 1 saturated carbocycles. The van der Waals surface area contributed by atoms with Gasteiger partial charge in [-0.1, -0.05) is 77.7 Å². The first kappa shape index (κ1) is 26.7. The van der Waals surface area contributed by atoms with Crippen LogP contribution in [0.3, 0.4) is 0 Å². The SMILES string of the molecule is CCCCCCCCC1CCC(c2ccc(-c3ccc(O[C@@H](C)CCCC)cc3F)nc2)CC1. The summed E-state index contributed by atoms with van der Waals surface area (Å²) in [5.41, 5.74) is 2.55. The lowest BCUT2D eigenvalue weighted by atomic mass is 9.77. The fraction of sp³-hybridized carbons (Fsp3) is 0.645. The second-order valence-electron chi connectivity index (χ2n) is 10.5. The van der Waals surface area contributed by atoms with Gasteiger partial charge in [-0.25, -0.2) is 4.39 Å². The van der Waals surface area contributed by atoms with E-state index in [0.29, 0.717) is 22.9 Å². The quantitative estimate of drug-likeness (QED) is 0.258. The molecule has 1 atom stereocenters. The zero-order valence-corrected chi connectivity index (χ0v) is 21.8. The predicted molar refractivity (Wildman–Crippen MR) is 142 cm³/mol. The monoisotopic (exact) mass is 467 g/mol. The van der Waals surface area contributed by atoms with Crippen molar-refractivity contribution in [3.8, 4) is 17.0 Å². The van der Waals surface area contributed by atoms with Gasteiger partial charge in [0.15, 0.2) is 0 Å². The average molecular weight is 468 g/mol. The Morgan fingerprint density at radius 1 is 0.912 bits per heavy atom. The Labute approximate surface area is 207 Å². The molecule has 1 aliphatic rings. The van der Waals surface area contributed by atoms with E-state index in [9.17, 15) is 4.39 Å². The number of ether oxygens (including phenoxy) is 1. The van der Waals surface area contributed by atoms with E-state index in [-0.39, 0.29) is 11.9 Å². The van der Waals surface area contributed by atoms with Gasteiger partial charge in [0.2, 0.25) is 0 Å². The van der Waals surface area contributed by atoms with E-state index in [1.54, 1.807) is 6.07 Å². The standard InChI is InChI=1S/C31H46FNO/c1-4-6-8-9-10-11-13-25-14-16-26(17-15-25)27-18-21-31(33-23-27)29-20-19-28(22-30(29)32)34-24(3)12-7-5-2/h18-26H,4-17H2,1-3H3/t24-,25?,26?/m0/s1. The van der Waals surface area contributed by atoms with E-state index in [2.05, 4.69) is 24.9 Å². The number of pyridine rings is 1. The van der Waals surface area contributed by atoms with Gasteiger partial charge in [-0.05, 0) is 74.6 Å². The van der Waals surface area contributed by atoms with Crippen molar-refractivity contribution in [2.75, 3.05) is 0 Å². The van der Waals surface area contributed by atoms with Crippen LogP contribution in [0.2, 0.25) is 0 Å². The molecule has 0 unspecified atom stereocenters. The van der Waals surface area contributed by atoms with Crippen LogP contribution in [0.5, 0.6) is 5.75 Å². The predicted octanol–water partition coefficient (Wildman–Crippen LogP) is 9.87. The molecule has 188 valence electrons. The van der Waals surface area contributed by atoms with Crippen LogP contribution >= 0.6 is 0 Å². The fourth-order valence-electron chi connectivity index (χ4n) is 5.36. The van der Waals surface area contributed by atoms with E-state index in [4.69, 9.17) is 4.74 Å². The van der Waals surface area contributed by atoms with Gasteiger partial charge in [-0.3, -0.25) is 4.98 Å². The van der Waals surface area contributed by atoms with Crippen molar-refractivity contribution in [2.45, 2.75) is 123 Å². The molecule has 0 bridgehead atoms. The van der Waals surface area contributed by atoms with Crippen molar-refractivity contribution < 1.29 is 9.13 Å². The molecule has 1 aliphatic carbocycles. The van der Waals surface area contributed by atoms with Crippen molar-refractivity contribution in [1.82, 2.24) is 4.98 Å². The zero-order chi connectivity index (χ0) is 24.2. The largest absolute Gasteiger partial charge is 0.491 e. The second-order valence-corrected chi connectivity index (χ2v) is 10.5. The van der Waals surface area contributed by atoms with E-state index < -0.39 is 0 Å². The zero-order valence-electron chi connectivity index (χ0n) is 21.8. The highest BCUT2D eigenvalue weighted by atomic mass is 19.1. The number of hydrogen-bond acceptors (Lipinski definition) is 2. The van der Waals surface area contributed by atoms with Crippen LogP contribution in [0.25, 0.3) is 11.3 Å². The van der Waals surface area contributed by atoms with Gasteiger partial charge in [-0.2, -0.15) is 0 Å². The summed E-state index contributed by atoms with van der Waals surface area (Å²) in [5, 5.41) is 0. The number of rotatable bonds is 14. The summed E-state index contributed by atoms with van der Waals surface area (Å²) in [4.78, 5) is 4.64. The third-order valence-corrected chi connectivity index (χ3v) is 7.59. The van der Waals surface area contributed by atoms with Crippen LogP contribution in [0, 0.1) is 11.7 Å². The fourth-order valence-corrected chi connectivity index (χ4v) is 5.36. The maximum Gasteiger partial charge on any atom is 0.136 e. The molecule has 0 radical (unpaired) electrons. The number of halogens is 1. The van der Waals surface area contributed by atoms with Crippen molar-refractivity contribution in [3.63, 3.8) is 0 Å². The van der Waals surface area contributed by atoms with E-state index in [1.807, 2.05) is 25.3 Å². The summed E-state index contributed by atoms with van der Waals surface area (Å²) >= 11 is 0. The highest BCUT2D eigenvalue weighted by Gasteiger charge is 2.22. The highest BCUT2D eigenvalue weighted by Crippen LogP contribution is 2.38. The van der Waals surface area contributed by atoms with Crippen LogP contribution in [-0.2, 0) is 0 Å². The molecule has 3 rings (SSSR count). The molecule has 1 fully saturated rings. The number of hydrogen-bond donors (Lipinski definition) is 0. The molecule has 2 nitrogen and oxygen atoms in total. The summed E-state index contributed by atoms with van der Waals surface area (Å²) in [6, 6.07) is 9.31. The lowest BCUT2D eigenvalue weighted by molar-refractivity contribution is 0.206. The molecule has 0 N–H and O–H groups in total. The minimum Gasteiger partial charge on any atom is -0.491 e. The topological polar surface area (TPSA) is 22.1 Å². The van der Waals surface area contributed by atoms with E-state index >= 15 is 0 Å². The molecule has 1 aromatic heterocycles. The van der Waals surface area contributed by atoms with Crippen molar-refractivity contribution in [3.05, 3.63) is 47.9 Å². The van der Waals surface area contributed by atoms with Crippen LogP contribution in [0.4, 0.5) is 4.39 Å².